The second-order valence-electron chi connectivity index (χ2n) is 5.46. The van der Waals surface area contributed by atoms with Gasteiger partial charge in [0.05, 0.1) is 6.61 Å². The lowest BCUT2D eigenvalue weighted by Crippen LogP contribution is -2.53. The third-order valence-corrected chi connectivity index (χ3v) is 4.10. The van der Waals surface area contributed by atoms with E-state index in [0.717, 1.165) is 39.3 Å². The van der Waals surface area contributed by atoms with Crippen molar-refractivity contribution in [3.05, 3.63) is 0 Å². The molecule has 3 nitrogen and oxygen atoms in total. The summed E-state index contributed by atoms with van der Waals surface area (Å²) in [5.74, 6) is 0.713. The van der Waals surface area contributed by atoms with Crippen LogP contribution >= 0.6 is 0 Å². The lowest BCUT2D eigenvalue weighted by molar-refractivity contribution is 0.0358. The summed E-state index contributed by atoms with van der Waals surface area (Å²) in [5, 5.41) is 3.86. The van der Waals surface area contributed by atoms with E-state index in [-0.39, 0.29) is 5.54 Å². The normalized spacial score (nSPS) is 31.5. The first kappa shape index (κ1) is 12.3. The van der Waals surface area contributed by atoms with Crippen LogP contribution in [-0.2, 0) is 9.47 Å². The zero-order valence-corrected chi connectivity index (χ0v) is 10.6. The second-order valence-corrected chi connectivity index (χ2v) is 5.46. The molecule has 1 N–H and O–H groups in total. The maximum atomic E-state index is 5.50. The van der Waals surface area contributed by atoms with Gasteiger partial charge in [-0.15, -0.1) is 0 Å². The molecular formula is C13H25NO2. The van der Waals surface area contributed by atoms with Gasteiger partial charge in [0, 0.05) is 31.4 Å². The summed E-state index contributed by atoms with van der Waals surface area (Å²) in [7, 11) is 0. The van der Waals surface area contributed by atoms with E-state index in [1.165, 1.54) is 12.8 Å². The highest BCUT2D eigenvalue weighted by Gasteiger charge is 2.33. The van der Waals surface area contributed by atoms with Crippen molar-refractivity contribution in [2.75, 3.05) is 26.4 Å². The van der Waals surface area contributed by atoms with Crippen molar-refractivity contribution in [3.8, 4) is 0 Å². The Morgan fingerprint density at radius 2 is 2.00 bits per heavy atom. The summed E-state index contributed by atoms with van der Waals surface area (Å²) in [4.78, 5) is 0. The van der Waals surface area contributed by atoms with E-state index >= 15 is 0 Å². The van der Waals surface area contributed by atoms with Crippen molar-refractivity contribution in [2.45, 2.75) is 51.1 Å². The van der Waals surface area contributed by atoms with Crippen molar-refractivity contribution >= 4 is 0 Å². The number of ether oxygens (including phenoxy) is 2. The third kappa shape index (κ3) is 2.96. The molecule has 2 unspecified atom stereocenters. The molecule has 2 fully saturated rings. The molecule has 0 saturated carbocycles. The van der Waals surface area contributed by atoms with Crippen molar-refractivity contribution in [1.82, 2.24) is 5.32 Å². The molecule has 94 valence electrons. The van der Waals surface area contributed by atoms with E-state index in [1.807, 2.05) is 0 Å². The average Bonchev–Trinajstić information content (AvgIpc) is 2.80. The zero-order valence-electron chi connectivity index (χ0n) is 10.6. The Morgan fingerprint density at radius 3 is 2.56 bits per heavy atom. The van der Waals surface area contributed by atoms with Gasteiger partial charge in [0.2, 0.25) is 0 Å². The Bertz CT molecular complexity index is 208. The molecule has 0 radical (unpaired) electrons. The molecule has 2 aliphatic rings. The van der Waals surface area contributed by atoms with E-state index in [2.05, 4.69) is 19.2 Å². The lowest BCUT2D eigenvalue weighted by atomic mass is 9.88. The summed E-state index contributed by atoms with van der Waals surface area (Å²) in [5.41, 5.74) is 0.279. The lowest BCUT2D eigenvalue weighted by Gasteiger charge is -2.39. The number of hydrogen-bond donors (Lipinski definition) is 1. The minimum Gasteiger partial charge on any atom is -0.381 e. The minimum atomic E-state index is 0.279. The fraction of sp³-hybridized carbons (Fsp3) is 1.00. The van der Waals surface area contributed by atoms with Gasteiger partial charge in [-0.3, -0.25) is 0 Å². The fourth-order valence-corrected chi connectivity index (χ4v) is 2.84. The smallest absolute Gasteiger partial charge is 0.0510 e. The molecule has 2 aliphatic heterocycles. The SMILES string of the molecule is CCC(NC1(C)CCOCC1)C1CCOC1. The average molecular weight is 227 g/mol. The van der Waals surface area contributed by atoms with Crippen LogP contribution in [0, 0.1) is 5.92 Å². The first-order valence-electron chi connectivity index (χ1n) is 6.67. The van der Waals surface area contributed by atoms with E-state index in [9.17, 15) is 0 Å². The summed E-state index contributed by atoms with van der Waals surface area (Å²) in [6.07, 6.45) is 4.69. The molecule has 2 saturated heterocycles. The van der Waals surface area contributed by atoms with Crippen molar-refractivity contribution in [3.63, 3.8) is 0 Å². The van der Waals surface area contributed by atoms with Crippen molar-refractivity contribution in [2.24, 2.45) is 5.92 Å². The molecule has 2 atom stereocenters. The number of hydrogen-bond acceptors (Lipinski definition) is 3. The molecule has 16 heavy (non-hydrogen) atoms. The molecule has 0 aliphatic carbocycles. The molecule has 0 amide bonds. The number of nitrogens with one attached hydrogen (secondary N) is 1. The highest BCUT2D eigenvalue weighted by Crippen LogP contribution is 2.25. The van der Waals surface area contributed by atoms with Gasteiger partial charge in [0.25, 0.3) is 0 Å². The van der Waals surface area contributed by atoms with Crippen molar-refractivity contribution in [1.29, 1.82) is 0 Å². The van der Waals surface area contributed by atoms with Gasteiger partial charge in [-0.25, -0.2) is 0 Å². The summed E-state index contributed by atoms with van der Waals surface area (Å²) in [6, 6.07) is 0.616. The first-order valence-corrected chi connectivity index (χ1v) is 6.67. The van der Waals surface area contributed by atoms with Gasteiger partial charge in [0.1, 0.15) is 0 Å². The van der Waals surface area contributed by atoms with E-state index in [0.29, 0.717) is 12.0 Å². The van der Waals surface area contributed by atoms with Crippen LogP contribution in [0.5, 0.6) is 0 Å². The molecule has 0 aromatic carbocycles. The van der Waals surface area contributed by atoms with Crippen LogP contribution in [0.25, 0.3) is 0 Å². The van der Waals surface area contributed by atoms with Crippen molar-refractivity contribution < 1.29 is 9.47 Å². The first-order chi connectivity index (χ1) is 7.73. The number of rotatable bonds is 4. The summed E-state index contributed by atoms with van der Waals surface area (Å²) >= 11 is 0. The largest absolute Gasteiger partial charge is 0.381 e. The Morgan fingerprint density at radius 1 is 1.25 bits per heavy atom. The highest BCUT2D eigenvalue weighted by atomic mass is 16.5. The van der Waals surface area contributed by atoms with Gasteiger partial charge in [-0.2, -0.15) is 0 Å². The van der Waals surface area contributed by atoms with Gasteiger partial charge < -0.3 is 14.8 Å². The standard InChI is InChI=1S/C13H25NO2/c1-3-12(11-4-7-16-10-11)14-13(2)5-8-15-9-6-13/h11-12,14H,3-10H2,1-2H3. The predicted octanol–water partition coefficient (Wildman–Crippen LogP) is 1.96. The quantitative estimate of drug-likeness (QED) is 0.796. The summed E-state index contributed by atoms with van der Waals surface area (Å²) in [6.45, 7) is 8.32. The Hall–Kier alpha value is -0.120. The maximum Gasteiger partial charge on any atom is 0.0510 e. The van der Waals surface area contributed by atoms with Crippen LogP contribution in [-0.4, -0.2) is 38.0 Å². The highest BCUT2D eigenvalue weighted by molar-refractivity contribution is 4.91. The van der Waals surface area contributed by atoms with Gasteiger partial charge >= 0.3 is 0 Å². The zero-order chi connectivity index (χ0) is 11.4. The van der Waals surface area contributed by atoms with Crippen LogP contribution in [0.15, 0.2) is 0 Å². The second kappa shape index (κ2) is 5.48. The Labute approximate surface area is 98.9 Å². The van der Waals surface area contributed by atoms with Gasteiger partial charge in [-0.05, 0) is 38.5 Å². The molecule has 3 heteroatoms. The predicted molar refractivity (Wildman–Crippen MR) is 64.6 cm³/mol. The fourth-order valence-electron chi connectivity index (χ4n) is 2.84. The molecule has 2 rings (SSSR count). The minimum absolute atomic E-state index is 0.279. The van der Waals surface area contributed by atoms with Gasteiger partial charge in [0.15, 0.2) is 0 Å². The van der Waals surface area contributed by atoms with E-state index < -0.39 is 0 Å². The van der Waals surface area contributed by atoms with Gasteiger partial charge in [-0.1, -0.05) is 6.92 Å². The Balaban J connectivity index is 1.89. The third-order valence-electron chi connectivity index (χ3n) is 4.10. The molecule has 0 aromatic heterocycles. The molecule has 0 aromatic rings. The molecule has 0 spiro atoms. The molecule has 2 heterocycles. The Kier molecular flexibility index (Phi) is 4.22. The van der Waals surface area contributed by atoms with Crippen LogP contribution in [0.4, 0.5) is 0 Å². The van der Waals surface area contributed by atoms with Crippen LogP contribution in [0.1, 0.15) is 39.5 Å². The van der Waals surface area contributed by atoms with Crippen LogP contribution in [0.3, 0.4) is 0 Å². The molecule has 0 bridgehead atoms. The molecular weight excluding hydrogens is 202 g/mol. The maximum absolute atomic E-state index is 5.50. The van der Waals surface area contributed by atoms with Crippen LogP contribution < -0.4 is 5.32 Å². The topological polar surface area (TPSA) is 30.5 Å². The van der Waals surface area contributed by atoms with E-state index in [1.54, 1.807) is 0 Å². The monoisotopic (exact) mass is 227 g/mol. The van der Waals surface area contributed by atoms with Crippen LogP contribution in [0.2, 0.25) is 0 Å². The van der Waals surface area contributed by atoms with E-state index in [4.69, 9.17) is 9.47 Å². The summed E-state index contributed by atoms with van der Waals surface area (Å²) < 4.78 is 10.9.